The van der Waals surface area contributed by atoms with Crippen LogP contribution in [0.5, 0.6) is 0 Å². The van der Waals surface area contributed by atoms with E-state index in [-0.39, 0.29) is 0 Å². The fourth-order valence-corrected chi connectivity index (χ4v) is 3.50. The summed E-state index contributed by atoms with van der Waals surface area (Å²) in [6.45, 7) is 5.15. The summed E-state index contributed by atoms with van der Waals surface area (Å²) in [6, 6.07) is 16.6. The number of fused-ring (bicyclic) bond motifs is 3. The van der Waals surface area contributed by atoms with E-state index < -0.39 is 0 Å². The summed E-state index contributed by atoms with van der Waals surface area (Å²) in [6.07, 6.45) is 1.84. The maximum atomic E-state index is 6.26. The zero-order chi connectivity index (χ0) is 18.3. The third kappa shape index (κ3) is 2.49. The first-order valence-electron chi connectivity index (χ1n) is 8.92. The van der Waals surface area contributed by atoms with Crippen LogP contribution in [-0.2, 0) is 0 Å². The Hall–Kier alpha value is -3.01. The van der Waals surface area contributed by atoms with Crippen LogP contribution in [0.2, 0.25) is 0 Å². The number of anilines is 3. The molecule has 0 bridgehead atoms. The lowest BCUT2D eigenvalue weighted by atomic mass is 10.1. The number of hydrogen-bond donors (Lipinski definition) is 0. The second-order valence-electron chi connectivity index (χ2n) is 6.63. The molecule has 2 heterocycles. The lowest BCUT2D eigenvalue weighted by molar-refractivity contribution is 0.668. The fourth-order valence-electron chi connectivity index (χ4n) is 3.50. The predicted molar refractivity (Wildman–Crippen MR) is 110 cm³/mol. The van der Waals surface area contributed by atoms with Crippen LogP contribution in [0.3, 0.4) is 0 Å². The lowest BCUT2D eigenvalue weighted by Gasteiger charge is -2.27. The third-order valence-electron chi connectivity index (χ3n) is 5.02. The van der Waals surface area contributed by atoms with Gasteiger partial charge in [0.2, 0.25) is 0 Å². The van der Waals surface area contributed by atoms with E-state index in [1.54, 1.807) is 0 Å². The molecule has 0 fully saturated rings. The Kier molecular flexibility index (Phi) is 4.03. The van der Waals surface area contributed by atoms with Gasteiger partial charge in [0.1, 0.15) is 5.58 Å². The van der Waals surface area contributed by atoms with E-state index in [0.29, 0.717) is 0 Å². The highest BCUT2D eigenvalue weighted by Crippen LogP contribution is 2.41. The Morgan fingerprint density at radius 2 is 1.77 bits per heavy atom. The molecule has 0 radical (unpaired) electrons. The number of benzene rings is 2. The first kappa shape index (κ1) is 16.5. The highest BCUT2D eigenvalue weighted by Gasteiger charge is 2.20. The number of furan rings is 1. The van der Waals surface area contributed by atoms with Crippen molar-refractivity contribution in [3.63, 3.8) is 0 Å². The molecule has 2 aromatic carbocycles. The van der Waals surface area contributed by atoms with Gasteiger partial charge in [-0.25, -0.2) is 4.98 Å². The van der Waals surface area contributed by atoms with Crippen LogP contribution in [0.15, 0.2) is 59.1 Å². The summed E-state index contributed by atoms with van der Waals surface area (Å²) in [7, 11) is 4.15. The summed E-state index contributed by atoms with van der Waals surface area (Å²) >= 11 is 0. The molecule has 0 unspecified atom stereocenters. The zero-order valence-electron chi connectivity index (χ0n) is 15.7. The smallest absolute Gasteiger partial charge is 0.159 e. The van der Waals surface area contributed by atoms with Gasteiger partial charge in [-0.2, -0.15) is 0 Å². The van der Waals surface area contributed by atoms with Crippen molar-refractivity contribution in [1.82, 2.24) is 4.98 Å². The molecule has 26 heavy (non-hydrogen) atoms. The van der Waals surface area contributed by atoms with Gasteiger partial charge in [-0.15, -0.1) is 0 Å². The van der Waals surface area contributed by atoms with Crippen molar-refractivity contribution < 1.29 is 4.42 Å². The second kappa shape index (κ2) is 6.37. The van der Waals surface area contributed by atoms with Gasteiger partial charge in [-0.1, -0.05) is 30.3 Å². The van der Waals surface area contributed by atoms with Crippen molar-refractivity contribution in [2.75, 3.05) is 30.4 Å². The van der Waals surface area contributed by atoms with Crippen molar-refractivity contribution in [2.45, 2.75) is 13.8 Å². The van der Waals surface area contributed by atoms with Crippen molar-refractivity contribution in [2.24, 2.45) is 0 Å². The minimum absolute atomic E-state index is 0.895. The van der Waals surface area contributed by atoms with Crippen molar-refractivity contribution in [3.8, 4) is 0 Å². The first-order valence-corrected chi connectivity index (χ1v) is 8.92. The number of rotatable bonds is 4. The molecular weight excluding hydrogens is 322 g/mol. The molecule has 0 spiro atoms. The van der Waals surface area contributed by atoms with E-state index in [0.717, 1.165) is 45.7 Å². The van der Waals surface area contributed by atoms with Crippen molar-refractivity contribution in [1.29, 1.82) is 0 Å². The molecule has 0 amide bonds. The Labute approximate surface area is 153 Å². The van der Waals surface area contributed by atoms with E-state index >= 15 is 0 Å². The van der Waals surface area contributed by atoms with Crippen LogP contribution in [0.1, 0.15) is 12.5 Å². The van der Waals surface area contributed by atoms with Gasteiger partial charge in [0, 0.05) is 37.6 Å². The van der Waals surface area contributed by atoms with E-state index in [9.17, 15) is 0 Å². The standard InChI is InChI=1S/C22H23N3O/c1-5-24(3)22-18(10-8-14-23-22)25(4)20-15(2)12-13-17-16-9-6-7-11-19(16)26-21(17)20/h6-14H,5H2,1-4H3. The van der Waals surface area contributed by atoms with E-state index in [1.807, 2.05) is 24.4 Å². The van der Waals surface area contributed by atoms with Gasteiger partial charge in [-0.3, -0.25) is 0 Å². The molecule has 4 aromatic rings. The Balaban J connectivity index is 1.96. The topological polar surface area (TPSA) is 32.5 Å². The summed E-state index contributed by atoms with van der Waals surface area (Å²) in [5.74, 6) is 0.963. The second-order valence-corrected chi connectivity index (χ2v) is 6.63. The lowest BCUT2D eigenvalue weighted by Crippen LogP contribution is -2.22. The quantitative estimate of drug-likeness (QED) is 0.488. The average Bonchev–Trinajstić information content (AvgIpc) is 3.05. The normalized spacial score (nSPS) is 11.2. The number of pyridine rings is 1. The van der Waals surface area contributed by atoms with Crippen LogP contribution < -0.4 is 9.80 Å². The summed E-state index contributed by atoms with van der Waals surface area (Å²) in [4.78, 5) is 8.94. The highest BCUT2D eigenvalue weighted by molar-refractivity contribution is 6.10. The van der Waals surface area contributed by atoms with Gasteiger partial charge in [0.05, 0.1) is 11.4 Å². The molecule has 0 aliphatic carbocycles. The van der Waals surface area contributed by atoms with Crippen LogP contribution in [0, 0.1) is 6.92 Å². The highest BCUT2D eigenvalue weighted by atomic mass is 16.3. The number of aromatic nitrogens is 1. The molecule has 0 saturated heterocycles. The molecule has 0 N–H and O–H groups in total. The summed E-state index contributed by atoms with van der Waals surface area (Å²) in [5.41, 5.74) is 5.15. The largest absolute Gasteiger partial charge is 0.454 e. The fraction of sp³-hybridized carbons (Fsp3) is 0.227. The van der Waals surface area contributed by atoms with Crippen LogP contribution in [0.4, 0.5) is 17.2 Å². The Morgan fingerprint density at radius 1 is 0.962 bits per heavy atom. The molecule has 0 aliphatic rings. The number of para-hydroxylation sites is 1. The number of aryl methyl sites for hydroxylation is 1. The zero-order valence-corrected chi connectivity index (χ0v) is 15.7. The first-order chi connectivity index (χ1) is 12.6. The average molecular weight is 345 g/mol. The van der Waals surface area contributed by atoms with Crippen LogP contribution >= 0.6 is 0 Å². The number of nitrogens with zero attached hydrogens (tertiary/aromatic N) is 3. The molecule has 4 heteroatoms. The van der Waals surface area contributed by atoms with Gasteiger partial charge in [0.25, 0.3) is 0 Å². The van der Waals surface area contributed by atoms with Crippen molar-refractivity contribution in [3.05, 3.63) is 60.3 Å². The van der Waals surface area contributed by atoms with E-state index in [2.05, 4.69) is 73.1 Å². The van der Waals surface area contributed by atoms with Gasteiger partial charge >= 0.3 is 0 Å². The van der Waals surface area contributed by atoms with Crippen molar-refractivity contribution >= 4 is 39.1 Å². The van der Waals surface area contributed by atoms with Crippen LogP contribution in [-0.4, -0.2) is 25.6 Å². The molecule has 132 valence electrons. The minimum Gasteiger partial charge on any atom is -0.454 e. The molecular formula is C22H23N3O. The van der Waals surface area contributed by atoms with Gasteiger partial charge in [-0.05, 0) is 37.6 Å². The molecule has 4 rings (SSSR count). The number of hydrogen-bond acceptors (Lipinski definition) is 4. The van der Waals surface area contributed by atoms with E-state index in [4.69, 9.17) is 4.42 Å². The molecule has 0 atom stereocenters. The molecule has 2 aromatic heterocycles. The third-order valence-corrected chi connectivity index (χ3v) is 5.02. The predicted octanol–water partition coefficient (Wildman–Crippen LogP) is 5.51. The molecule has 4 nitrogen and oxygen atoms in total. The molecule has 0 saturated carbocycles. The maximum Gasteiger partial charge on any atom is 0.159 e. The summed E-state index contributed by atoms with van der Waals surface area (Å²) < 4.78 is 6.26. The summed E-state index contributed by atoms with van der Waals surface area (Å²) in [5, 5.41) is 2.29. The van der Waals surface area contributed by atoms with Gasteiger partial charge in [0.15, 0.2) is 11.4 Å². The minimum atomic E-state index is 0.895. The van der Waals surface area contributed by atoms with E-state index in [1.165, 1.54) is 5.56 Å². The maximum absolute atomic E-state index is 6.26. The monoisotopic (exact) mass is 345 g/mol. The van der Waals surface area contributed by atoms with Gasteiger partial charge < -0.3 is 14.2 Å². The Bertz CT molecular complexity index is 1080. The molecule has 0 aliphatic heterocycles. The van der Waals surface area contributed by atoms with Crippen LogP contribution in [0.25, 0.3) is 21.9 Å². The SMILES string of the molecule is CCN(C)c1ncccc1N(C)c1c(C)ccc2c1oc1ccccc12. The Morgan fingerprint density at radius 3 is 2.58 bits per heavy atom.